The van der Waals surface area contributed by atoms with E-state index >= 15 is 0 Å². The van der Waals surface area contributed by atoms with Crippen LogP contribution >= 0.6 is 46.0 Å². The van der Waals surface area contributed by atoms with Crippen LogP contribution in [0.3, 0.4) is 0 Å². The van der Waals surface area contributed by atoms with Gasteiger partial charge in [-0.3, -0.25) is 19.9 Å². The first-order chi connectivity index (χ1) is 21.1. The average Bonchev–Trinajstić information content (AvgIpc) is 3.77. The second-order valence-electron chi connectivity index (χ2n) is 9.67. The van der Waals surface area contributed by atoms with Gasteiger partial charge < -0.3 is 31.3 Å². The quantitative estimate of drug-likeness (QED) is 0.0531. The predicted molar refractivity (Wildman–Crippen MR) is 165 cm³/mol. The molecule has 7 N–H and O–H groups in total. The first kappa shape index (κ1) is 29.7. The molecule has 0 spiro atoms. The molecule has 2 atom stereocenters. The van der Waals surface area contributed by atoms with Gasteiger partial charge >= 0.3 is 5.97 Å². The molecule has 2 amide bonds. The van der Waals surface area contributed by atoms with E-state index < -0.39 is 29.2 Å². The topological polar surface area (TPSA) is 210 Å². The maximum atomic E-state index is 13.2. The number of nitrogens with zero attached hydrogens (tertiary/aromatic N) is 6. The van der Waals surface area contributed by atoms with E-state index in [9.17, 15) is 19.5 Å². The molecule has 44 heavy (non-hydrogen) atoms. The highest BCUT2D eigenvalue weighted by Gasteiger charge is 2.55. The van der Waals surface area contributed by atoms with Gasteiger partial charge in [0.15, 0.2) is 29.2 Å². The van der Waals surface area contributed by atoms with Crippen molar-refractivity contribution in [2.75, 3.05) is 18.6 Å². The number of rotatable bonds is 10. The van der Waals surface area contributed by atoms with Crippen LogP contribution in [0.25, 0.3) is 5.65 Å². The Bertz CT molecular complexity index is 1910. The van der Waals surface area contributed by atoms with Crippen molar-refractivity contribution >= 4 is 86.1 Å². The maximum absolute atomic E-state index is 13.2. The fourth-order valence-corrected chi connectivity index (χ4v) is 8.18. The Labute approximate surface area is 265 Å². The number of aromatic nitrogens is 4. The smallest absolute Gasteiger partial charge is 0.352 e. The molecular formula is C25H24ClN10O5S3+. The number of hydrogen-bond donors (Lipinski definition) is 5. The largest absolute Gasteiger partial charge is 0.477 e. The summed E-state index contributed by atoms with van der Waals surface area (Å²) in [6, 6.07) is 2.80. The summed E-state index contributed by atoms with van der Waals surface area (Å²) in [5, 5.41) is 25.4. The van der Waals surface area contributed by atoms with Gasteiger partial charge in [0.25, 0.3) is 11.8 Å². The van der Waals surface area contributed by atoms with Crippen LogP contribution in [0.4, 0.5) is 5.13 Å². The summed E-state index contributed by atoms with van der Waals surface area (Å²) < 4.78 is 5.92. The number of hydrogen-bond acceptors (Lipinski definition) is 11. The van der Waals surface area contributed by atoms with Crippen LogP contribution in [0, 0.1) is 5.41 Å². The van der Waals surface area contributed by atoms with E-state index in [-0.39, 0.29) is 39.0 Å². The van der Waals surface area contributed by atoms with Crippen LogP contribution < -0.4 is 21.5 Å². The molecule has 0 aliphatic carbocycles. The van der Waals surface area contributed by atoms with Gasteiger partial charge in [-0.15, -0.1) is 32.3 Å². The predicted octanol–water partition coefficient (Wildman–Crippen LogP) is 0.904. The number of imidazole rings is 1. The van der Waals surface area contributed by atoms with Crippen LogP contribution in [0.2, 0.25) is 4.34 Å². The minimum absolute atomic E-state index is 0.0161. The van der Waals surface area contributed by atoms with Crippen LogP contribution in [0.15, 0.2) is 52.5 Å². The minimum Gasteiger partial charge on any atom is -0.477 e. The highest BCUT2D eigenvalue weighted by Crippen LogP contribution is 2.40. The second-order valence-corrected chi connectivity index (χ2v) is 13.4. The van der Waals surface area contributed by atoms with E-state index in [1.54, 1.807) is 0 Å². The Morgan fingerprint density at radius 1 is 1.39 bits per heavy atom. The zero-order valence-electron chi connectivity index (χ0n) is 22.8. The van der Waals surface area contributed by atoms with Gasteiger partial charge in [0.1, 0.15) is 40.1 Å². The van der Waals surface area contributed by atoms with Crippen molar-refractivity contribution < 1.29 is 29.0 Å². The molecule has 1 saturated heterocycles. The van der Waals surface area contributed by atoms with E-state index in [0.717, 1.165) is 21.9 Å². The van der Waals surface area contributed by atoms with Crippen LogP contribution in [-0.4, -0.2) is 77.7 Å². The summed E-state index contributed by atoms with van der Waals surface area (Å²) in [5.74, 6) is -2.23. The fraction of sp³-hybridized carbons (Fsp3) is 0.240. The molecule has 0 unspecified atom stereocenters. The monoisotopic (exact) mass is 675 g/mol. The molecule has 6 rings (SSSR count). The van der Waals surface area contributed by atoms with Crippen molar-refractivity contribution in [3.63, 3.8) is 0 Å². The van der Waals surface area contributed by atoms with E-state index in [1.165, 1.54) is 35.1 Å². The van der Waals surface area contributed by atoms with Gasteiger partial charge in [-0.1, -0.05) is 28.1 Å². The number of aliphatic carboxylic acids is 1. The Balaban J connectivity index is 1.20. The normalized spacial score (nSPS) is 18.4. The molecule has 0 aromatic carbocycles. The Kier molecular flexibility index (Phi) is 7.82. The molecule has 4 aromatic heterocycles. The lowest BCUT2D eigenvalue weighted by molar-refractivity contribution is -0.753. The van der Waals surface area contributed by atoms with Crippen LogP contribution in [-0.2, 0) is 32.3 Å². The summed E-state index contributed by atoms with van der Waals surface area (Å²) >= 11 is 9.97. The number of nitrogens with two attached hydrogens (primary N) is 2. The Morgan fingerprint density at radius 2 is 2.18 bits per heavy atom. The maximum Gasteiger partial charge on any atom is 0.352 e. The minimum atomic E-state index is -1.24. The standard InChI is InChI=1S/C25H23ClN10O5S3/c1-41-32-16(15-19(26)44-25(29)31-15)21(37)30-17-22(38)36-18(24(39)40)12(10-43-23(17)36)7-34-3-2-14-33(4-5-35(14)34)8-13-6-11(9-42-13)20(27)28/h2-6,9,17,23H,7-8,10H2,1H3,(H6-,27,28,29,30,31,37,39,40)/p+1/b32-16-/t17-,23-/m1/s1. The molecule has 19 heteroatoms. The number of nitrogens with one attached hydrogen (secondary N) is 2. The van der Waals surface area contributed by atoms with Gasteiger partial charge in [0.2, 0.25) is 0 Å². The number of thioether (sulfide) groups is 1. The SMILES string of the molecule is CO/N=C(\C(=O)N[C@@H]1C(=O)N2C(C(=O)O)=C(C[n+]3ccc4n(Cc5cc(C(=N)N)cs5)ccn43)CS[C@H]12)c1nc(N)sc1Cl. The van der Waals surface area contributed by atoms with Gasteiger partial charge in [-0.05, 0) is 6.07 Å². The summed E-state index contributed by atoms with van der Waals surface area (Å²) in [6.07, 6.45) is 5.63. The van der Waals surface area contributed by atoms with Gasteiger partial charge in [0, 0.05) is 33.3 Å². The molecule has 6 heterocycles. The van der Waals surface area contributed by atoms with Crippen molar-refractivity contribution in [2.45, 2.75) is 24.5 Å². The third-order valence-electron chi connectivity index (χ3n) is 6.99. The lowest BCUT2D eigenvalue weighted by Crippen LogP contribution is -2.71. The summed E-state index contributed by atoms with van der Waals surface area (Å²) in [6.45, 7) is 0.801. The number of thiazole rings is 1. The number of oxime groups is 1. The lowest BCUT2D eigenvalue weighted by atomic mass is 10.0. The van der Waals surface area contributed by atoms with Crippen molar-refractivity contribution in [3.8, 4) is 0 Å². The van der Waals surface area contributed by atoms with Crippen molar-refractivity contribution in [1.82, 2.24) is 24.3 Å². The number of nitrogen functional groups attached to an aromatic ring is 2. The zero-order valence-corrected chi connectivity index (χ0v) is 26.0. The van der Waals surface area contributed by atoms with Crippen molar-refractivity contribution in [2.24, 2.45) is 10.9 Å². The van der Waals surface area contributed by atoms with Crippen molar-refractivity contribution in [1.29, 1.82) is 5.41 Å². The van der Waals surface area contributed by atoms with Crippen LogP contribution in [0.1, 0.15) is 16.1 Å². The molecule has 2 aliphatic heterocycles. The second kappa shape index (κ2) is 11.6. The zero-order chi connectivity index (χ0) is 31.3. The summed E-state index contributed by atoms with van der Waals surface area (Å²) in [4.78, 5) is 49.8. The van der Waals surface area contributed by atoms with E-state index in [1.807, 2.05) is 49.9 Å². The van der Waals surface area contributed by atoms with Gasteiger partial charge in [-0.25, -0.2) is 9.78 Å². The number of carboxylic acids is 1. The third-order valence-corrected chi connectivity index (χ3v) is 10.3. The number of carbonyl (C=O) groups excluding carboxylic acids is 2. The molecule has 1 fully saturated rings. The number of carbonyl (C=O) groups is 3. The van der Waals surface area contributed by atoms with E-state index in [2.05, 4.69) is 15.5 Å². The number of halogens is 1. The van der Waals surface area contributed by atoms with E-state index in [4.69, 9.17) is 33.3 Å². The molecule has 228 valence electrons. The Hall–Kier alpha value is -4.39. The third kappa shape index (κ3) is 5.18. The van der Waals surface area contributed by atoms with E-state index in [0.29, 0.717) is 23.4 Å². The number of amidine groups is 1. The van der Waals surface area contributed by atoms with Gasteiger partial charge in [0.05, 0.1) is 18.8 Å². The number of thiophene rings is 1. The number of anilines is 1. The Morgan fingerprint density at radius 3 is 2.84 bits per heavy atom. The molecule has 15 nitrogen and oxygen atoms in total. The number of fused-ring (bicyclic) bond motifs is 2. The highest BCUT2D eigenvalue weighted by atomic mass is 35.5. The first-order valence-corrected chi connectivity index (χ1v) is 15.9. The molecule has 2 aliphatic rings. The molecule has 0 bridgehead atoms. The van der Waals surface area contributed by atoms with Crippen LogP contribution in [0.5, 0.6) is 0 Å². The average molecular weight is 676 g/mol. The summed E-state index contributed by atoms with van der Waals surface area (Å²) in [7, 11) is 1.25. The van der Waals surface area contributed by atoms with Gasteiger partial charge in [-0.2, -0.15) is 0 Å². The highest BCUT2D eigenvalue weighted by molar-refractivity contribution is 8.00. The summed E-state index contributed by atoms with van der Waals surface area (Å²) in [5.41, 5.74) is 13.0. The fourth-order valence-electron chi connectivity index (χ4n) is 5.03. The molecule has 4 aromatic rings. The number of β-lactam (4-membered cyclic amide) rings is 1. The first-order valence-electron chi connectivity index (χ1n) is 12.8. The number of amides is 2. The lowest BCUT2D eigenvalue weighted by Gasteiger charge is -2.49. The molecule has 0 radical (unpaired) electrons. The molecular weight excluding hydrogens is 652 g/mol. The molecule has 0 saturated carbocycles. The number of carboxylic acid groups (broad SMARTS) is 1. The van der Waals surface area contributed by atoms with Crippen molar-refractivity contribution in [3.05, 3.63) is 67.8 Å².